The van der Waals surface area contributed by atoms with Crippen LogP contribution in [0.1, 0.15) is 52.4 Å². The fraction of sp³-hybridized carbons (Fsp3) is 1.00. The molecule has 1 heterocycles. The van der Waals surface area contributed by atoms with E-state index in [0.29, 0.717) is 6.10 Å². The molecule has 96 valence electrons. The molecule has 0 aromatic carbocycles. The number of ether oxygens (including phenoxy) is 2. The number of hydrogen-bond acceptors (Lipinski definition) is 3. The van der Waals surface area contributed by atoms with Crippen molar-refractivity contribution in [3.05, 3.63) is 0 Å². The molecule has 1 aliphatic rings. The maximum absolute atomic E-state index is 10.1. The van der Waals surface area contributed by atoms with Crippen LogP contribution in [0.4, 0.5) is 0 Å². The van der Waals surface area contributed by atoms with Gasteiger partial charge in [0.15, 0.2) is 0 Å². The third-order valence-corrected chi connectivity index (χ3v) is 3.90. The van der Waals surface area contributed by atoms with Crippen molar-refractivity contribution >= 4 is 0 Å². The van der Waals surface area contributed by atoms with Crippen molar-refractivity contribution in [3.8, 4) is 0 Å². The Morgan fingerprint density at radius 1 is 1.56 bits per heavy atom. The highest BCUT2D eigenvalue weighted by molar-refractivity contribution is 4.82. The third-order valence-electron chi connectivity index (χ3n) is 3.90. The summed E-state index contributed by atoms with van der Waals surface area (Å²) in [4.78, 5) is 0. The largest absolute Gasteiger partial charge is 0.390 e. The van der Waals surface area contributed by atoms with Gasteiger partial charge in [-0.05, 0) is 45.4 Å². The Bertz CT molecular complexity index is 184. The van der Waals surface area contributed by atoms with Crippen molar-refractivity contribution < 1.29 is 14.6 Å². The van der Waals surface area contributed by atoms with Crippen molar-refractivity contribution in [2.45, 2.75) is 70.2 Å². The first-order valence-corrected chi connectivity index (χ1v) is 6.47. The highest BCUT2D eigenvalue weighted by Gasteiger charge is 2.30. The lowest BCUT2D eigenvalue weighted by molar-refractivity contribution is -0.0960. The second-order valence-corrected chi connectivity index (χ2v) is 4.95. The van der Waals surface area contributed by atoms with Crippen molar-refractivity contribution in [3.63, 3.8) is 0 Å². The third kappa shape index (κ3) is 3.72. The Kier molecular flexibility index (Phi) is 5.73. The van der Waals surface area contributed by atoms with Gasteiger partial charge < -0.3 is 14.6 Å². The molecular weight excluding hydrogens is 204 g/mol. The first kappa shape index (κ1) is 13.9. The molecule has 1 rings (SSSR count). The van der Waals surface area contributed by atoms with Gasteiger partial charge in [-0.25, -0.2) is 0 Å². The van der Waals surface area contributed by atoms with E-state index < -0.39 is 5.60 Å². The van der Waals surface area contributed by atoms with E-state index in [2.05, 4.69) is 0 Å². The van der Waals surface area contributed by atoms with Crippen LogP contribution >= 0.6 is 0 Å². The quantitative estimate of drug-likeness (QED) is 0.730. The van der Waals surface area contributed by atoms with Crippen LogP contribution in [0, 0.1) is 0 Å². The van der Waals surface area contributed by atoms with E-state index >= 15 is 0 Å². The smallest absolute Gasteiger partial charge is 0.0905 e. The molecule has 0 aromatic rings. The number of aliphatic hydroxyl groups excluding tert-OH is 1. The van der Waals surface area contributed by atoms with E-state index in [9.17, 15) is 5.11 Å². The Morgan fingerprint density at radius 3 is 2.81 bits per heavy atom. The number of aliphatic hydroxyl groups is 1. The van der Waals surface area contributed by atoms with E-state index in [-0.39, 0.29) is 6.10 Å². The second kappa shape index (κ2) is 6.58. The zero-order valence-corrected chi connectivity index (χ0v) is 10.9. The number of methoxy groups -OCH3 is 1. The van der Waals surface area contributed by atoms with Gasteiger partial charge in [0.05, 0.1) is 17.8 Å². The van der Waals surface area contributed by atoms with Crippen molar-refractivity contribution in [1.82, 2.24) is 0 Å². The van der Waals surface area contributed by atoms with Gasteiger partial charge in [0.25, 0.3) is 0 Å². The van der Waals surface area contributed by atoms with Gasteiger partial charge in [0.2, 0.25) is 0 Å². The van der Waals surface area contributed by atoms with E-state index in [1.54, 1.807) is 7.11 Å². The summed E-state index contributed by atoms with van der Waals surface area (Å²) in [5.41, 5.74) is -0.392. The van der Waals surface area contributed by atoms with Crippen LogP contribution in [0.5, 0.6) is 0 Å². The van der Waals surface area contributed by atoms with E-state index in [0.717, 1.165) is 32.3 Å². The monoisotopic (exact) mass is 230 g/mol. The molecule has 3 heteroatoms. The van der Waals surface area contributed by atoms with Crippen molar-refractivity contribution in [1.29, 1.82) is 0 Å². The van der Waals surface area contributed by atoms with Crippen LogP contribution in [0.15, 0.2) is 0 Å². The summed E-state index contributed by atoms with van der Waals surface area (Å²) in [5, 5.41) is 10.1. The highest BCUT2D eigenvalue weighted by atomic mass is 16.5. The Labute approximate surface area is 99.1 Å². The fourth-order valence-electron chi connectivity index (χ4n) is 2.23. The molecule has 3 nitrogen and oxygen atoms in total. The SMILES string of the molecule is CCC(C)(OC)C(O)CCCC1CCCO1. The minimum atomic E-state index is -0.392. The molecule has 3 unspecified atom stereocenters. The molecule has 1 fully saturated rings. The van der Waals surface area contributed by atoms with Crippen LogP contribution in [-0.2, 0) is 9.47 Å². The summed E-state index contributed by atoms with van der Waals surface area (Å²) in [6.07, 6.45) is 6.17. The summed E-state index contributed by atoms with van der Waals surface area (Å²) >= 11 is 0. The summed E-state index contributed by atoms with van der Waals surface area (Å²) in [6, 6.07) is 0. The van der Waals surface area contributed by atoms with Crippen molar-refractivity contribution in [2.75, 3.05) is 13.7 Å². The van der Waals surface area contributed by atoms with E-state index in [1.165, 1.54) is 12.8 Å². The van der Waals surface area contributed by atoms with Gasteiger partial charge in [0.1, 0.15) is 0 Å². The first-order valence-electron chi connectivity index (χ1n) is 6.47. The Balaban J connectivity index is 2.20. The molecule has 0 saturated carbocycles. The maximum Gasteiger partial charge on any atom is 0.0905 e. The molecule has 0 spiro atoms. The first-order chi connectivity index (χ1) is 7.62. The standard InChI is InChI=1S/C13H26O3/c1-4-13(2,15-3)12(14)9-5-7-11-8-6-10-16-11/h11-12,14H,4-10H2,1-3H3. The minimum absolute atomic E-state index is 0.371. The lowest BCUT2D eigenvalue weighted by Crippen LogP contribution is -2.40. The van der Waals surface area contributed by atoms with Crippen LogP contribution < -0.4 is 0 Å². The summed E-state index contributed by atoms with van der Waals surface area (Å²) in [5.74, 6) is 0. The lowest BCUT2D eigenvalue weighted by Gasteiger charge is -2.32. The number of rotatable bonds is 7. The predicted molar refractivity (Wildman–Crippen MR) is 64.5 cm³/mol. The molecule has 0 aliphatic carbocycles. The molecule has 0 amide bonds. The summed E-state index contributed by atoms with van der Waals surface area (Å²) < 4.78 is 11.0. The molecule has 1 N–H and O–H groups in total. The molecule has 1 aliphatic heterocycles. The molecule has 0 bridgehead atoms. The highest BCUT2D eigenvalue weighted by Crippen LogP contribution is 2.24. The average molecular weight is 230 g/mol. The van der Waals surface area contributed by atoms with E-state index in [4.69, 9.17) is 9.47 Å². The van der Waals surface area contributed by atoms with Crippen molar-refractivity contribution in [2.24, 2.45) is 0 Å². The van der Waals surface area contributed by atoms with Crippen LogP contribution in [0.25, 0.3) is 0 Å². The number of hydrogen-bond donors (Lipinski definition) is 1. The van der Waals surface area contributed by atoms with Gasteiger partial charge in [-0.1, -0.05) is 6.92 Å². The zero-order chi connectivity index (χ0) is 12.0. The van der Waals surface area contributed by atoms with Gasteiger partial charge in [-0.2, -0.15) is 0 Å². The normalized spacial score (nSPS) is 26.6. The molecule has 0 aromatic heterocycles. The molecule has 0 radical (unpaired) electrons. The van der Waals surface area contributed by atoms with Crippen LogP contribution in [-0.4, -0.2) is 36.6 Å². The second-order valence-electron chi connectivity index (χ2n) is 4.95. The van der Waals surface area contributed by atoms with Gasteiger partial charge in [-0.15, -0.1) is 0 Å². The van der Waals surface area contributed by atoms with Gasteiger partial charge in [-0.3, -0.25) is 0 Å². The van der Waals surface area contributed by atoms with Gasteiger partial charge in [0, 0.05) is 13.7 Å². The molecule has 16 heavy (non-hydrogen) atoms. The lowest BCUT2D eigenvalue weighted by atomic mass is 9.91. The Hall–Kier alpha value is -0.120. The zero-order valence-electron chi connectivity index (χ0n) is 10.9. The van der Waals surface area contributed by atoms with Gasteiger partial charge >= 0.3 is 0 Å². The fourth-order valence-corrected chi connectivity index (χ4v) is 2.23. The minimum Gasteiger partial charge on any atom is -0.390 e. The van der Waals surface area contributed by atoms with Crippen LogP contribution in [0.2, 0.25) is 0 Å². The topological polar surface area (TPSA) is 38.7 Å². The summed E-state index contributed by atoms with van der Waals surface area (Å²) in [7, 11) is 1.67. The summed E-state index contributed by atoms with van der Waals surface area (Å²) in [6.45, 7) is 4.94. The van der Waals surface area contributed by atoms with E-state index in [1.807, 2.05) is 13.8 Å². The molecule has 1 saturated heterocycles. The molecule has 3 atom stereocenters. The Morgan fingerprint density at radius 2 is 2.31 bits per heavy atom. The maximum atomic E-state index is 10.1. The predicted octanol–water partition coefficient (Wildman–Crippen LogP) is 2.51. The molecular formula is C13H26O3. The van der Waals surface area contributed by atoms with Crippen LogP contribution in [0.3, 0.4) is 0 Å². The average Bonchev–Trinajstić information content (AvgIpc) is 2.80.